The first kappa shape index (κ1) is 16.9. The van der Waals surface area contributed by atoms with Crippen LogP contribution in [-0.2, 0) is 18.3 Å². The van der Waals surface area contributed by atoms with Crippen molar-refractivity contribution in [3.63, 3.8) is 0 Å². The van der Waals surface area contributed by atoms with Crippen LogP contribution in [0, 0.1) is 0 Å². The summed E-state index contributed by atoms with van der Waals surface area (Å²) in [6.45, 7) is 0. The second-order valence-corrected chi connectivity index (χ2v) is 6.31. The average molecular weight is 355 g/mol. The summed E-state index contributed by atoms with van der Waals surface area (Å²) in [7, 11) is 1.82. The van der Waals surface area contributed by atoms with E-state index in [-0.39, 0.29) is 5.76 Å². The number of carbonyl (C=O) groups excluding carboxylic acids is 2. The van der Waals surface area contributed by atoms with E-state index in [0.29, 0.717) is 11.2 Å². The standard InChI is InChI=1S/C18H17N3O3S/c1-21-9-11-25-18(21)20-16(22)14(12-13-6-3-2-4-7-13)19-17(23)15-8-5-10-24-15/h2-11,14H,12H2,1H3,(H,19,23). The number of hydrogen-bond donors (Lipinski definition) is 1. The molecule has 7 heteroatoms. The molecule has 1 unspecified atom stereocenters. The maximum Gasteiger partial charge on any atom is 0.287 e. The van der Waals surface area contributed by atoms with Crippen LogP contribution in [0.5, 0.6) is 0 Å². The quantitative estimate of drug-likeness (QED) is 0.762. The number of furan rings is 1. The fourth-order valence-electron chi connectivity index (χ4n) is 2.29. The van der Waals surface area contributed by atoms with Crippen LogP contribution in [0.2, 0.25) is 0 Å². The molecule has 0 bridgehead atoms. The Labute approximate surface area is 148 Å². The third-order valence-electron chi connectivity index (χ3n) is 3.60. The van der Waals surface area contributed by atoms with Crippen molar-refractivity contribution in [1.29, 1.82) is 0 Å². The first-order valence-corrected chi connectivity index (χ1v) is 8.58. The van der Waals surface area contributed by atoms with Gasteiger partial charge in [-0.2, -0.15) is 4.99 Å². The molecule has 2 amide bonds. The number of nitrogens with zero attached hydrogens (tertiary/aromatic N) is 2. The molecule has 6 nitrogen and oxygen atoms in total. The maximum absolute atomic E-state index is 12.7. The molecule has 1 atom stereocenters. The van der Waals surface area contributed by atoms with Gasteiger partial charge in [-0.15, -0.1) is 11.3 Å². The van der Waals surface area contributed by atoms with E-state index in [1.54, 1.807) is 16.7 Å². The highest BCUT2D eigenvalue weighted by Gasteiger charge is 2.22. The highest BCUT2D eigenvalue weighted by Crippen LogP contribution is 2.07. The number of rotatable bonds is 5. The first-order valence-electron chi connectivity index (χ1n) is 7.70. The molecule has 1 aromatic carbocycles. The Hall–Kier alpha value is -2.93. The Morgan fingerprint density at radius 1 is 1.24 bits per heavy atom. The molecular weight excluding hydrogens is 338 g/mol. The fourth-order valence-corrected chi connectivity index (χ4v) is 3.03. The lowest BCUT2D eigenvalue weighted by atomic mass is 10.1. The topological polar surface area (TPSA) is 76.6 Å². The third-order valence-corrected chi connectivity index (χ3v) is 4.44. The maximum atomic E-state index is 12.7. The molecule has 2 aromatic heterocycles. The second kappa shape index (κ2) is 7.76. The molecule has 25 heavy (non-hydrogen) atoms. The van der Waals surface area contributed by atoms with Gasteiger partial charge in [0.05, 0.1) is 6.26 Å². The highest BCUT2D eigenvalue weighted by molar-refractivity contribution is 7.07. The van der Waals surface area contributed by atoms with Gasteiger partial charge in [-0.3, -0.25) is 9.59 Å². The molecule has 0 radical (unpaired) electrons. The van der Waals surface area contributed by atoms with Gasteiger partial charge in [-0.25, -0.2) is 0 Å². The normalized spacial score (nSPS) is 12.8. The SMILES string of the molecule is Cn1ccsc1=NC(=O)C(Cc1ccccc1)NC(=O)c1ccco1. The predicted octanol–water partition coefficient (Wildman–Crippen LogP) is 2.15. The Morgan fingerprint density at radius 3 is 2.68 bits per heavy atom. The van der Waals surface area contributed by atoms with Crippen molar-refractivity contribution in [2.75, 3.05) is 0 Å². The summed E-state index contributed by atoms with van der Waals surface area (Å²) in [5, 5.41) is 4.57. The lowest BCUT2D eigenvalue weighted by molar-refractivity contribution is -0.119. The molecule has 2 heterocycles. The predicted molar refractivity (Wildman–Crippen MR) is 94.0 cm³/mol. The molecule has 0 aliphatic heterocycles. The van der Waals surface area contributed by atoms with Crippen molar-refractivity contribution in [3.05, 3.63) is 76.4 Å². The van der Waals surface area contributed by atoms with E-state index in [1.807, 2.05) is 49.0 Å². The number of benzene rings is 1. The zero-order chi connectivity index (χ0) is 17.6. The van der Waals surface area contributed by atoms with E-state index >= 15 is 0 Å². The van der Waals surface area contributed by atoms with Gasteiger partial charge >= 0.3 is 0 Å². The van der Waals surface area contributed by atoms with Gasteiger partial charge < -0.3 is 14.3 Å². The molecule has 0 aliphatic rings. The Kier molecular flexibility index (Phi) is 5.25. The summed E-state index contributed by atoms with van der Waals surface area (Å²) in [5.41, 5.74) is 0.936. The van der Waals surface area contributed by atoms with Gasteiger partial charge in [0.1, 0.15) is 6.04 Å². The lowest BCUT2D eigenvalue weighted by Gasteiger charge is -2.14. The van der Waals surface area contributed by atoms with E-state index in [0.717, 1.165) is 5.56 Å². The van der Waals surface area contributed by atoms with Crippen molar-refractivity contribution in [3.8, 4) is 0 Å². The summed E-state index contributed by atoms with van der Waals surface area (Å²) in [4.78, 5) is 29.7. The van der Waals surface area contributed by atoms with Crippen molar-refractivity contribution in [2.24, 2.45) is 12.0 Å². The number of carbonyl (C=O) groups is 2. The minimum atomic E-state index is -0.776. The lowest BCUT2D eigenvalue weighted by Crippen LogP contribution is -2.42. The Balaban J connectivity index is 1.84. The van der Waals surface area contributed by atoms with Crippen LogP contribution in [0.15, 0.2) is 69.7 Å². The molecule has 0 fully saturated rings. The van der Waals surface area contributed by atoms with Gasteiger partial charge in [-0.05, 0) is 17.7 Å². The largest absolute Gasteiger partial charge is 0.459 e. The summed E-state index contributed by atoms with van der Waals surface area (Å²) < 4.78 is 6.86. The zero-order valence-corrected chi connectivity index (χ0v) is 14.4. The smallest absolute Gasteiger partial charge is 0.287 e. The second-order valence-electron chi connectivity index (χ2n) is 5.44. The number of nitrogens with one attached hydrogen (secondary N) is 1. The van der Waals surface area contributed by atoms with E-state index in [4.69, 9.17) is 4.42 Å². The zero-order valence-electron chi connectivity index (χ0n) is 13.6. The number of amides is 2. The Morgan fingerprint density at radius 2 is 2.04 bits per heavy atom. The Bertz CT molecular complexity index is 910. The van der Waals surface area contributed by atoms with Crippen LogP contribution >= 0.6 is 11.3 Å². The van der Waals surface area contributed by atoms with Gasteiger partial charge in [0.15, 0.2) is 10.6 Å². The minimum absolute atomic E-state index is 0.160. The number of aromatic nitrogens is 1. The summed E-state index contributed by atoms with van der Waals surface area (Å²) in [6.07, 6.45) is 3.59. The number of thiazole rings is 1. The van der Waals surface area contributed by atoms with Crippen LogP contribution in [0.4, 0.5) is 0 Å². The highest BCUT2D eigenvalue weighted by atomic mass is 32.1. The van der Waals surface area contributed by atoms with E-state index in [9.17, 15) is 9.59 Å². The van der Waals surface area contributed by atoms with Crippen LogP contribution < -0.4 is 10.1 Å². The number of aryl methyl sites for hydroxylation is 1. The van der Waals surface area contributed by atoms with Crippen LogP contribution in [0.1, 0.15) is 16.1 Å². The molecule has 0 saturated heterocycles. The van der Waals surface area contributed by atoms with Gasteiger partial charge in [0, 0.05) is 25.0 Å². The molecule has 0 saturated carbocycles. The molecule has 0 spiro atoms. The minimum Gasteiger partial charge on any atom is -0.459 e. The monoisotopic (exact) mass is 355 g/mol. The number of hydrogen-bond acceptors (Lipinski definition) is 4. The van der Waals surface area contributed by atoms with Crippen LogP contribution in [-0.4, -0.2) is 22.4 Å². The molecule has 3 aromatic rings. The first-order chi connectivity index (χ1) is 12.1. The van der Waals surface area contributed by atoms with Crippen molar-refractivity contribution in [1.82, 2.24) is 9.88 Å². The summed E-state index contributed by atoms with van der Waals surface area (Å²) in [5.74, 6) is -0.681. The fraction of sp³-hybridized carbons (Fsp3) is 0.167. The van der Waals surface area contributed by atoms with E-state index < -0.39 is 17.9 Å². The molecule has 3 rings (SSSR count). The van der Waals surface area contributed by atoms with E-state index in [2.05, 4.69) is 10.3 Å². The molecule has 0 aliphatic carbocycles. The van der Waals surface area contributed by atoms with Crippen LogP contribution in [0.25, 0.3) is 0 Å². The molecular formula is C18H17N3O3S. The van der Waals surface area contributed by atoms with Crippen molar-refractivity contribution in [2.45, 2.75) is 12.5 Å². The van der Waals surface area contributed by atoms with Crippen molar-refractivity contribution >= 4 is 23.2 Å². The summed E-state index contributed by atoms with van der Waals surface area (Å²) in [6, 6.07) is 11.9. The van der Waals surface area contributed by atoms with Crippen molar-refractivity contribution < 1.29 is 14.0 Å². The van der Waals surface area contributed by atoms with Gasteiger partial charge in [0.2, 0.25) is 0 Å². The van der Waals surface area contributed by atoms with Gasteiger partial charge in [-0.1, -0.05) is 30.3 Å². The van der Waals surface area contributed by atoms with E-state index in [1.165, 1.54) is 17.6 Å². The van der Waals surface area contributed by atoms with Gasteiger partial charge in [0.25, 0.3) is 11.8 Å². The average Bonchev–Trinajstić information content (AvgIpc) is 3.28. The van der Waals surface area contributed by atoms with Crippen LogP contribution in [0.3, 0.4) is 0 Å². The summed E-state index contributed by atoms with van der Waals surface area (Å²) >= 11 is 1.36. The third kappa shape index (κ3) is 4.33. The molecule has 128 valence electrons. The molecule has 1 N–H and O–H groups in total.